The fraction of sp³-hybridized carbons (Fsp3) is 0.625. The number of rotatable bonds is 2. The minimum Gasteiger partial charge on any atom is -0.338 e. The van der Waals surface area contributed by atoms with Crippen molar-refractivity contribution in [2.75, 3.05) is 13.1 Å². The molecule has 0 radical (unpaired) electrons. The third kappa shape index (κ3) is 2.84. The molecule has 108 valence electrons. The molecule has 4 heteroatoms. The summed E-state index contributed by atoms with van der Waals surface area (Å²) in [6, 6.07) is 1.28. The fourth-order valence-corrected chi connectivity index (χ4v) is 3.67. The van der Waals surface area contributed by atoms with Crippen molar-refractivity contribution >= 4 is 5.91 Å². The van der Waals surface area contributed by atoms with Gasteiger partial charge in [0.1, 0.15) is 5.82 Å². The Morgan fingerprint density at radius 1 is 1.15 bits per heavy atom. The van der Waals surface area contributed by atoms with E-state index < -0.39 is 5.82 Å². The Kier molecular flexibility index (Phi) is 3.99. The van der Waals surface area contributed by atoms with Gasteiger partial charge in [-0.15, -0.1) is 0 Å². The van der Waals surface area contributed by atoms with E-state index in [9.17, 15) is 9.18 Å². The number of amides is 1. The van der Waals surface area contributed by atoms with Crippen LogP contribution in [0.5, 0.6) is 0 Å². The van der Waals surface area contributed by atoms with Gasteiger partial charge in [0, 0.05) is 19.3 Å². The van der Waals surface area contributed by atoms with E-state index in [1.54, 1.807) is 0 Å². The lowest BCUT2D eigenvalue weighted by molar-refractivity contribution is 0.0778. The lowest BCUT2D eigenvalue weighted by atomic mass is 9.80. The Balaban J connectivity index is 1.63. The van der Waals surface area contributed by atoms with E-state index in [0.29, 0.717) is 11.5 Å². The quantitative estimate of drug-likeness (QED) is 0.830. The van der Waals surface area contributed by atoms with Gasteiger partial charge >= 0.3 is 0 Å². The first-order chi connectivity index (χ1) is 9.74. The number of halogens is 1. The van der Waals surface area contributed by atoms with E-state index in [4.69, 9.17) is 0 Å². The van der Waals surface area contributed by atoms with Crippen LogP contribution in [0.25, 0.3) is 0 Å². The SMILES string of the molecule is O=C(c1cncc(F)c1)N1CC[C@@H](C2CCCCC2)C1. The number of likely N-dealkylation sites (tertiary alicyclic amines) is 1. The maximum Gasteiger partial charge on any atom is 0.255 e. The normalized spacial score (nSPS) is 24.1. The highest BCUT2D eigenvalue weighted by Gasteiger charge is 2.32. The minimum absolute atomic E-state index is 0.0738. The molecule has 3 nitrogen and oxygen atoms in total. The first kappa shape index (κ1) is 13.5. The average molecular weight is 276 g/mol. The van der Waals surface area contributed by atoms with Gasteiger partial charge in [-0.05, 0) is 24.3 Å². The third-order valence-electron chi connectivity index (χ3n) is 4.78. The zero-order valence-electron chi connectivity index (χ0n) is 11.7. The molecule has 0 bridgehead atoms. The minimum atomic E-state index is -0.445. The summed E-state index contributed by atoms with van der Waals surface area (Å²) < 4.78 is 13.1. The maximum atomic E-state index is 13.1. The largest absolute Gasteiger partial charge is 0.338 e. The molecule has 1 saturated heterocycles. The summed E-state index contributed by atoms with van der Waals surface area (Å²) in [7, 11) is 0. The highest BCUT2D eigenvalue weighted by molar-refractivity contribution is 5.94. The van der Waals surface area contributed by atoms with Crippen LogP contribution in [0.4, 0.5) is 4.39 Å². The van der Waals surface area contributed by atoms with Crippen LogP contribution < -0.4 is 0 Å². The van der Waals surface area contributed by atoms with Crippen LogP contribution in [0.1, 0.15) is 48.9 Å². The van der Waals surface area contributed by atoms with Crippen molar-refractivity contribution in [2.24, 2.45) is 11.8 Å². The molecule has 1 amide bonds. The number of hydrogen-bond acceptors (Lipinski definition) is 2. The Labute approximate surface area is 119 Å². The number of carbonyl (C=O) groups excluding carboxylic acids is 1. The average Bonchev–Trinajstić information content (AvgIpc) is 2.97. The second-order valence-corrected chi connectivity index (χ2v) is 6.09. The number of hydrogen-bond donors (Lipinski definition) is 0. The predicted octanol–water partition coefficient (Wildman–Crippen LogP) is 3.26. The van der Waals surface area contributed by atoms with Crippen LogP contribution in [0.3, 0.4) is 0 Å². The molecule has 0 aromatic carbocycles. The zero-order chi connectivity index (χ0) is 13.9. The highest BCUT2D eigenvalue weighted by Crippen LogP contribution is 2.35. The molecular weight excluding hydrogens is 255 g/mol. The smallest absolute Gasteiger partial charge is 0.255 e. The van der Waals surface area contributed by atoms with Crippen molar-refractivity contribution in [1.29, 1.82) is 0 Å². The van der Waals surface area contributed by atoms with Gasteiger partial charge in [-0.1, -0.05) is 32.1 Å². The zero-order valence-corrected chi connectivity index (χ0v) is 11.7. The van der Waals surface area contributed by atoms with Crippen molar-refractivity contribution in [3.8, 4) is 0 Å². The second-order valence-electron chi connectivity index (χ2n) is 6.09. The maximum absolute atomic E-state index is 13.1. The molecule has 1 saturated carbocycles. The molecular formula is C16H21FN2O. The van der Waals surface area contributed by atoms with Crippen LogP contribution >= 0.6 is 0 Å². The standard InChI is InChI=1S/C16H21FN2O/c17-15-8-14(9-18-10-15)16(20)19-7-6-13(11-19)12-4-2-1-3-5-12/h8-10,12-13H,1-7,11H2/t13-/m1/s1. The number of nitrogens with zero attached hydrogens (tertiary/aromatic N) is 2. The monoisotopic (exact) mass is 276 g/mol. The lowest BCUT2D eigenvalue weighted by Crippen LogP contribution is -2.30. The molecule has 2 aliphatic rings. The molecule has 1 aromatic heterocycles. The predicted molar refractivity (Wildman–Crippen MR) is 74.8 cm³/mol. The molecule has 0 N–H and O–H groups in total. The van der Waals surface area contributed by atoms with Gasteiger partial charge in [0.2, 0.25) is 0 Å². The number of aromatic nitrogens is 1. The van der Waals surface area contributed by atoms with E-state index in [-0.39, 0.29) is 5.91 Å². The Morgan fingerprint density at radius 2 is 1.95 bits per heavy atom. The van der Waals surface area contributed by atoms with E-state index in [2.05, 4.69) is 4.98 Å². The molecule has 1 aliphatic heterocycles. The summed E-state index contributed by atoms with van der Waals surface area (Å²) in [5.74, 6) is 0.905. The summed E-state index contributed by atoms with van der Waals surface area (Å²) in [5.41, 5.74) is 0.370. The van der Waals surface area contributed by atoms with Crippen LogP contribution in [-0.4, -0.2) is 28.9 Å². The number of carbonyl (C=O) groups is 1. The van der Waals surface area contributed by atoms with Gasteiger partial charge in [-0.25, -0.2) is 4.39 Å². The van der Waals surface area contributed by atoms with E-state index in [1.807, 2.05) is 4.90 Å². The van der Waals surface area contributed by atoms with E-state index >= 15 is 0 Å². The molecule has 1 aromatic rings. The first-order valence-corrected chi connectivity index (χ1v) is 7.64. The van der Waals surface area contributed by atoms with Crippen molar-refractivity contribution in [3.05, 3.63) is 29.8 Å². The fourth-order valence-electron chi connectivity index (χ4n) is 3.67. The van der Waals surface area contributed by atoms with Gasteiger partial charge in [-0.3, -0.25) is 9.78 Å². The van der Waals surface area contributed by atoms with Gasteiger partial charge < -0.3 is 4.90 Å². The molecule has 1 aliphatic carbocycles. The summed E-state index contributed by atoms with van der Waals surface area (Å²) in [5, 5.41) is 0. The summed E-state index contributed by atoms with van der Waals surface area (Å²) in [6.45, 7) is 1.64. The second kappa shape index (κ2) is 5.90. The van der Waals surface area contributed by atoms with Crippen molar-refractivity contribution < 1.29 is 9.18 Å². The Bertz CT molecular complexity index is 485. The van der Waals surface area contributed by atoms with E-state index in [0.717, 1.165) is 31.6 Å². The van der Waals surface area contributed by atoms with Crippen LogP contribution in [0, 0.1) is 17.7 Å². The van der Waals surface area contributed by atoms with Crippen molar-refractivity contribution in [2.45, 2.75) is 38.5 Å². The summed E-state index contributed by atoms with van der Waals surface area (Å²) in [6.07, 6.45) is 10.3. The van der Waals surface area contributed by atoms with Crippen molar-refractivity contribution in [1.82, 2.24) is 9.88 Å². The summed E-state index contributed by atoms with van der Waals surface area (Å²) in [4.78, 5) is 18.0. The van der Waals surface area contributed by atoms with Gasteiger partial charge in [0.05, 0.1) is 11.8 Å². The third-order valence-corrected chi connectivity index (χ3v) is 4.78. The van der Waals surface area contributed by atoms with Gasteiger partial charge in [-0.2, -0.15) is 0 Å². The van der Waals surface area contributed by atoms with Gasteiger partial charge in [0.25, 0.3) is 5.91 Å². The first-order valence-electron chi connectivity index (χ1n) is 7.64. The molecule has 2 fully saturated rings. The molecule has 20 heavy (non-hydrogen) atoms. The van der Waals surface area contributed by atoms with Crippen LogP contribution in [0.2, 0.25) is 0 Å². The van der Waals surface area contributed by atoms with Crippen molar-refractivity contribution in [3.63, 3.8) is 0 Å². The van der Waals surface area contributed by atoms with Gasteiger partial charge in [0.15, 0.2) is 0 Å². The molecule has 3 rings (SSSR count). The molecule has 0 spiro atoms. The van der Waals surface area contributed by atoms with Crippen LogP contribution in [-0.2, 0) is 0 Å². The molecule has 1 atom stereocenters. The lowest BCUT2D eigenvalue weighted by Gasteiger charge is -2.27. The number of pyridine rings is 1. The van der Waals surface area contributed by atoms with E-state index in [1.165, 1.54) is 44.4 Å². The Morgan fingerprint density at radius 3 is 2.70 bits per heavy atom. The molecule has 2 heterocycles. The topological polar surface area (TPSA) is 33.2 Å². The Hall–Kier alpha value is -1.45. The highest BCUT2D eigenvalue weighted by atomic mass is 19.1. The molecule has 0 unspecified atom stereocenters. The summed E-state index contributed by atoms with van der Waals surface area (Å²) >= 11 is 0. The van der Waals surface area contributed by atoms with Crippen LogP contribution in [0.15, 0.2) is 18.5 Å².